The van der Waals surface area contributed by atoms with Crippen molar-refractivity contribution in [1.29, 1.82) is 0 Å². The van der Waals surface area contributed by atoms with E-state index in [0.717, 1.165) is 27.4 Å². The summed E-state index contributed by atoms with van der Waals surface area (Å²) >= 11 is 0. The molecule has 1 N–H and O–H groups in total. The van der Waals surface area contributed by atoms with Crippen LogP contribution in [0.1, 0.15) is 43.9 Å². The summed E-state index contributed by atoms with van der Waals surface area (Å²) in [6, 6.07) is 11.3. The Labute approximate surface area is 185 Å². The summed E-state index contributed by atoms with van der Waals surface area (Å²) < 4.78 is 37.0. The van der Waals surface area contributed by atoms with Crippen LogP contribution in [0, 0.1) is 6.92 Å². The Hall–Kier alpha value is -2.74. The summed E-state index contributed by atoms with van der Waals surface area (Å²) in [5, 5.41) is 3.03. The number of aryl methyl sites for hydroxylation is 1. The molecule has 0 fully saturated rings. The van der Waals surface area contributed by atoms with Crippen LogP contribution in [0.25, 0.3) is 0 Å². The first-order chi connectivity index (χ1) is 14.7. The molecule has 2 atom stereocenters. The summed E-state index contributed by atoms with van der Waals surface area (Å²) in [5.41, 5.74) is 2.29. The normalized spacial score (nSPS) is 13.2. The maximum absolute atomic E-state index is 13.3. The fourth-order valence-electron chi connectivity index (χ4n) is 3.62. The highest BCUT2D eigenvalue weighted by Crippen LogP contribution is 2.28. The van der Waals surface area contributed by atoms with E-state index in [0.29, 0.717) is 24.3 Å². The molecule has 0 aromatic heterocycles. The number of rotatable bonds is 10. The van der Waals surface area contributed by atoms with Crippen LogP contribution in [0.5, 0.6) is 11.5 Å². The third kappa shape index (κ3) is 5.91. The quantitative estimate of drug-likeness (QED) is 0.597. The van der Waals surface area contributed by atoms with Crippen LogP contribution in [-0.4, -0.2) is 40.8 Å². The first-order valence-electron chi connectivity index (χ1n) is 10.2. The fourth-order valence-corrected chi connectivity index (χ4v) is 4.82. The zero-order valence-corrected chi connectivity index (χ0v) is 19.8. The smallest absolute Gasteiger partial charge is 0.244 e. The van der Waals surface area contributed by atoms with Crippen LogP contribution in [0.3, 0.4) is 0 Å². The van der Waals surface area contributed by atoms with Gasteiger partial charge in [0.2, 0.25) is 15.9 Å². The average Bonchev–Trinajstić information content (AvgIpc) is 2.74. The Balaban J connectivity index is 2.37. The monoisotopic (exact) mass is 448 g/mol. The Morgan fingerprint density at radius 2 is 1.77 bits per heavy atom. The molecule has 0 aliphatic rings. The van der Waals surface area contributed by atoms with E-state index in [-0.39, 0.29) is 11.9 Å². The standard InChI is InChI=1S/C23H32N2O5S/c1-7-20(17-12-13-22(30-5)16(3)14-17)24-23(26)21(8-2)25(31(6,27)28)18-10-9-11-19(15-18)29-4/h9-15,20-21H,7-8H2,1-6H3,(H,24,26)/t20-,21+/m0/s1. The molecule has 0 unspecified atom stereocenters. The van der Waals surface area contributed by atoms with Gasteiger partial charge in [0.05, 0.1) is 32.2 Å². The van der Waals surface area contributed by atoms with Crippen molar-refractivity contribution in [2.45, 2.75) is 45.7 Å². The largest absolute Gasteiger partial charge is 0.497 e. The minimum Gasteiger partial charge on any atom is -0.497 e. The molecule has 0 saturated heterocycles. The molecular formula is C23H32N2O5S. The SMILES string of the molecule is CC[C@H](NC(=O)[C@@H](CC)N(c1cccc(OC)c1)S(C)(=O)=O)c1ccc(OC)c(C)c1. The molecule has 2 aromatic carbocycles. The van der Waals surface area contributed by atoms with Gasteiger partial charge in [0, 0.05) is 6.07 Å². The molecule has 0 heterocycles. The molecule has 7 nitrogen and oxygen atoms in total. The molecule has 170 valence electrons. The van der Waals surface area contributed by atoms with Gasteiger partial charge in [-0.05, 0) is 49.1 Å². The zero-order valence-electron chi connectivity index (χ0n) is 19.0. The second-order valence-electron chi connectivity index (χ2n) is 7.38. The van der Waals surface area contributed by atoms with Gasteiger partial charge in [-0.3, -0.25) is 9.10 Å². The third-order valence-corrected chi connectivity index (χ3v) is 6.36. The van der Waals surface area contributed by atoms with Crippen molar-refractivity contribution in [3.63, 3.8) is 0 Å². The van der Waals surface area contributed by atoms with E-state index < -0.39 is 16.1 Å². The Morgan fingerprint density at radius 3 is 2.29 bits per heavy atom. The van der Waals surface area contributed by atoms with Crippen LogP contribution in [-0.2, 0) is 14.8 Å². The number of ether oxygens (including phenoxy) is 2. The van der Waals surface area contributed by atoms with E-state index in [9.17, 15) is 13.2 Å². The van der Waals surface area contributed by atoms with E-state index in [1.165, 1.54) is 7.11 Å². The highest BCUT2D eigenvalue weighted by Gasteiger charge is 2.32. The highest BCUT2D eigenvalue weighted by atomic mass is 32.2. The first-order valence-corrected chi connectivity index (χ1v) is 12.1. The molecule has 0 aliphatic carbocycles. The molecule has 0 radical (unpaired) electrons. The molecule has 0 spiro atoms. The van der Waals surface area contributed by atoms with Gasteiger partial charge < -0.3 is 14.8 Å². The molecule has 31 heavy (non-hydrogen) atoms. The first kappa shape index (κ1) is 24.5. The van der Waals surface area contributed by atoms with Gasteiger partial charge >= 0.3 is 0 Å². The molecule has 8 heteroatoms. The Kier molecular flexibility index (Phi) is 8.33. The maximum atomic E-state index is 13.3. The lowest BCUT2D eigenvalue weighted by Crippen LogP contribution is -2.50. The van der Waals surface area contributed by atoms with Gasteiger partial charge in [0.25, 0.3) is 0 Å². The number of methoxy groups -OCH3 is 2. The maximum Gasteiger partial charge on any atom is 0.244 e. The van der Waals surface area contributed by atoms with Gasteiger partial charge in [0.1, 0.15) is 17.5 Å². The number of anilines is 1. The predicted octanol–water partition coefficient (Wildman–Crippen LogP) is 3.82. The van der Waals surface area contributed by atoms with E-state index in [1.807, 2.05) is 32.0 Å². The zero-order chi connectivity index (χ0) is 23.2. The number of nitrogens with one attached hydrogen (secondary N) is 1. The molecule has 0 bridgehead atoms. The number of hydrogen-bond donors (Lipinski definition) is 1. The van der Waals surface area contributed by atoms with E-state index in [1.54, 1.807) is 38.3 Å². The van der Waals surface area contributed by atoms with Crippen molar-refractivity contribution < 1.29 is 22.7 Å². The Bertz CT molecular complexity index is 1010. The number of carbonyl (C=O) groups is 1. The summed E-state index contributed by atoms with van der Waals surface area (Å²) in [7, 11) is -0.595. The average molecular weight is 449 g/mol. The number of sulfonamides is 1. The molecule has 0 saturated carbocycles. The van der Waals surface area contributed by atoms with E-state index in [2.05, 4.69) is 5.32 Å². The van der Waals surface area contributed by atoms with Crippen molar-refractivity contribution in [3.8, 4) is 11.5 Å². The molecule has 2 rings (SSSR count). The highest BCUT2D eigenvalue weighted by molar-refractivity contribution is 7.92. The minimum absolute atomic E-state index is 0.252. The predicted molar refractivity (Wildman–Crippen MR) is 123 cm³/mol. The summed E-state index contributed by atoms with van der Waals surface area (Å²) in [6.45, 7) is 5.71. The topological polar surface area (TPSA) is 84.9 Å². The van der Waals surface area contributed by atoms with Crippen LogP contribution in [0.15, 0.2) is 42.5 Å². The Morgan fingerprint density at radius 1 is 1.06 bits per heavy atom. The summed E-state index contributed by atoms with van der Waals surface area (Å²) in [4.78, 5) is 13.3. The van der Waals surface area contributed by atoms with Crippen molar-refractivity contribution in [1.82, 2.24) is 5.32 Å². The van der Waals surface area contributed by atoms with Crippen molar-refractivity contribution in [3.05, 3.63) is 53.6 Å². The van der Waals surface area contributed by atoms with Crippen LogP contribution < -0.4 is 19.1 Å². The number of carbonyl (C=O) groups excluding carboxylic acids is 1. The number of benzene rings is 2. The van der Waals surface area contributed by atoms with Crippen molar-refractivity contribution in [2.24, 2.45) is 0 Å². The van der Waals surface area contributed by atoms with Crippen molar-refractivity contribution >= 4 is 21.6 Å². The molecular weight excluding hydrogens is 416 g/mol. The number of amides is 1. The van der Waals surface area contributed by atoms with Gasteiger partial charge in [-0.15, -0.1) is 0 Å². The summed E-state index contributed by atoms with van der Waals surface area (Å²) in [6.07, 6.45) is 2.08. The number of nitrogens with zero attached hydrogens (tertiary/aromatic N) is 1. The van der Waals surface area contributed by atoms with Crippen molar-refractivity contribution in [2.75, 3.05) is 24.8 Å². The minimum atomic E-state index is -3.72. The van der Waals surface area contributed by atoms with Gasteiger partial charge in [-0.25, -0.2) is 8.42 Å². The lowest BCUT2D eigenvalue weighted by atomic mass is 10.0. The third-order valence-electron chi connectivity index (χ3n) is 5.18. The van der Waals surface area contributed by atoms with Crippen LogP contribution >= 0.6 is 0 Å². The number of hydrogen-bond acceptors (Lipinski definition) is 5. The van der Waals surface area contributed by atoms with Crippen LogP contribution in [0.4, 0.5) is 5.69 Å². The second kappa shape index (κ2) is 10.5. The van der Waals surface area contributed by atoms with E-state index >= 15 is 0 Å². The summed E-state index contributed by atoms with van der Waals surface area (Å²) in [5.74, 6) is 0.940. The fraction of sp³-hybridized carbons (Fsp3) is 0.435. The van der Waals surface area contributed by atoms with Crippen LogP contribution in [0.2, 0.25) is 0 Å². The lowest BCUT2D eigenvalue weighted by molar-refractivity contribution is -0.123. The van der Waals surface area contributed by atoms with Gasteiger partial charge in [-0.1, -0.05) is 32.0 Å². The van der Waals surface area contributed by atoms with Gasteiger partial charge in [0.15, 0.2) is 0 Å². The lowest BCUT2D eigenvalue weighted by Gasteiger charge is -2.31. The molecule has 1 amide bonds. The molecule has 2 aromatic rings. The van der Waals surface area contributed by atoms with E-state index in [4.69, 9.17) is 9.47 Å². The second-order valence-corrected chi connectivity index (χ2v) is 9.24. The molecule has 0 aliphatic heterocycles. The van der Waals surface area contributed by atoms with Gasteiger partial charge in [-0.2, -0.15) is 0 Å².